The molecule has 13 heavy (non-hydrogen) atoms. The van der Waals surface area contributed by atoms with Crippen LogP contribution in [0.4, 0.5) is 0 Å². The van der Waals surface area contributed by atoms with Crippen LogP contribution < -0.4 is 0 Å². The van der Waals surface area contributed by atoms with E-state index in [9.17, 15) is 0 Å². The van der Waals surface area contributed by atoms with Crippen LogP contribution in [-0.2, 0) is 0 Å². The molecule has 2 aromatic heterocycles. The molecule has 0 fully saturated rings. The number of aromatic nitrogens is 2. The second kappa shape index (κ2) is 3.41. The number of nitrogens with one attached hydrogen (secondary N) is 1. The number of nitrogens with zero attached hydrogens (tertiary/aromatic N) is 1. The van der Waals surface area contributed by atoms with Crippen LogP contribution in [0.25, 0.3) is 17.1 Å². The molecule has 0 radical (unpaired) electrons. The van der Waals surface area contributed by atoms with Gasteiger partial charge in [-0.1, -0.05) is 12.2 Å². The van der Waals surface area contributed by atoms with Gasteiger partial charge in [-0.05, 0) is 17.7 Å². The second-order valence-corrected chi connectivity index (χ2v) is 2.77. The van der Waals surface area contributed by atoms with Crippen molar-refractivity contribution in [2.75, 3.05) is 6.61 Å². The first-order valence-corrected chi connectivity index (χ1v) is 4.10. The lowest BCUT2D eigenvalue weighted by Crippen LogP contribution is -1.79. The van der Waals surface area contributed by atoms with Crippen molar-refractivity contribution in [2.24, 2.45) is 0 Å². The number of aliphatic hydroxyl groups is 1. The van der Waals surface area contributed by atoms with E-state index in [2.05, 4.69) is 9.97 Å². The van der Waals surface area contributed by atoms with Crippen LogP contribution in [-0.4, -0.2) is 21.7 Å². The smallest absolute Gasteiger partial charge is 0.137 e. The molecule has 2 rings (SSSR count). The molecule has 0 atom stereocenters. The van der Waals surface area contributed by atoms with Gasteiger partial charge in [0.1, 0.15) is 5.65 Å². The van der Waals surface area contributed by atoms with Gasteiger partial charge in [-0.25, -0.2) is 4.98 Å². The zero-order chi connectivity index (χ0) is 9.10. The fraction of sp³-hybridized carbons (Fsp3) is 0.100. The highest BCUT2D eigenvalue weighted by atomic mass is 16.2. The number of pyridine rings is 1. The van der Waals surface area contributed by atoms with E-state index in [1.807, 2.05) is 24.4 Å². The molecule has 0 amide bonds. The lowest BCUT2D eigenvalue weighted by Gasteiger charge is -1.92. The van der Waals surface area contributed by atoms with Crippen LogP contribution in [0.2, 0.25) is 0 Å². The van der Waals surface area contributed by atoms with E-state index in [1.54, 1.807) is 12.3 Å². The maximum atomic E-state index is 8.59. The number of hydrogen-bond donors (Lipinski definition) is 2. The van der Waals surface area contributed by atoms with Crippen LogP contribution in [0, 0.1) is 0 Å². The Labute approximate surface area is 75.7 Å². The Morgan fingerprint density at radius 2 is 2.46 bits per heavy atom. The summed E-state index contributed by atoms with van der Waals surface area (Å²) in [5.41, 5.74) is 1.89. The third kappa shape index (κ3) is 1.60. The van der Waals surface area contributed by atoms with Crippen molar-refractivity contribution in [3.8, 4) is 0 Å². The highest BCUT2D eigenvalue weighted by molar-refractivity contribution is 5.77. The summed E-state index contributed by atoms with van der Waals surface area (Å²) in [6.45, 7) is 0.0607. The quantitative estimate of drug-likeness (QED) is 0.726. The molecule has 0 saturated carbocycles. The van der Waals surface area contributed by atoms with E-state index in [-0.39, 0.29) is 6.61 Å². The highest BCUT2D eigenvalue weighted by Gasteiger charge is 1.94. The first-order valence-electron chi connectivity index (χ1n) is 4.10. The Morgan fingerprint density at radius 3 is 3.31 bits per heavy atom. The van der Waals surface area contributed by atoms with Gasteiger partial charge in [-0.2, -0.15) is 0 Å². The lowest BCUT2D eigenvalue weighted by atomic mass is 10.2. The van der Waals surface area contributed by atoms with E-state index >= 15 is 0 Å². The van der Waals surface area contributed by atoms with Crippen LogP contribution in [0.15, 0.2) is 30.6 Å². The molecule has 3 nitrogen and oxygen atoms in total. The molecular weight excluding hydrogens is 164 g/mol. The summed E-state index contributed by atoms with van der Waals surface area (Å²) in [7, 11) is 0. The summed E-state index contributed by atoms with van der Waals surface area (Å²) < 4.78 is 0. The normalized spacial score (nSPS) is 11.5. The van der Waals surface area contributed by atoms with Crippen LogP contribution in [0.5, 0.6) is 0 Å². The Balaban J connectivity index is 2.42. The molecule has 0 saturated heterocycles. The van der Waals surface area contributed by atoms with E-state index in [0.717, 1.165) is 16.6 Å². The molecule has 0 aromatic carbocycles. The molecule has 3 heteroatoms. The van der Waals surface area contributed by atoms with Crippen molar-refractivity contribution >= 4 is 17.1 Å². The molecule has 2 N–H and O–H groups in total. The molecule has 2 heterocycles. The minimum atomic E-state index is 0.0607. The number of H-pyrrole nitrogens is 1. The number of rotatable bonds is 2. The predicted molar refractivity (Wildman–Crippen MR) is 52.2 cm³/mol. The zero-order valence-electron chi connectivity index (χ0n) is 7.07. The molecule has 0 bridgehead atoms. The van der Waals surface area contributed by atoms with Crippen molar-refractivity contribution in [3.05, 3.63) is 36.2 Å². The maximum Gasteiger partial charge on any atom is 0.137 e. The fourth-order valence-electron chi connectivity index (χ4n) is 1.24. The van der Waals surface area contributed by atoms with Crippen molar-refractivity contribution in [1.82, 2.24) is 9.97 Å². The van der Waals surface area contributed by atoms with Gasteiger partial charge in [0, 0.05) is 17.8 Å². The van der Waals surface area contributed by atoms with E-state index in [1.165, 1.54) is 0 Å². The molecule has 2 aromatic rings. The molecular formula is C10H10N2O. The first-order chi connectivity index (χ1) is 6.40. The van der Waals surface area contributed by atoms with E-state index < -0.39 is 0 Å². The largest absolute Gasteiger partial charge is 0.392 e. The molecule has 0 aliphatic rings. The van der Waals surface area contributed by atoms with Gasteiger partial charge in [-0.15, -0.1) is 0 Å². The lowest BCUT2D eigenvalue weighted by molar-refractivity contribution is 0.343. The average Bonchev–Trinajstić information content (AvgIpc) is 2.61. The van der Waals surface area contributed by atoms with E-state index in [0.29, 0.717) is 0 Å². The van der Waals surface area contributed by atoms with Crippen molar-refractivity contribution < 1.29 is 5.11 Å². The van der Waals surface area contributed by atoms with Gasteiger partial charge < -0.3 is 10.1 Å². The third-order valence-corrected chi connectivity index (χ3v) is 1.84. The molecule has 0 unspecified atom stereocenters. The summed E-state index contributed by atoms with van der Waals surface area (Å²) in [6, 6.07) is 3.99. The standard InChI is InChI=1S/C10H10N2O/c13-5-1-2-8-6-9-3-4-11-10(9)12-7-8/h1-4,6-7,13H,5H2,(H,11,12). The summed E-state index contributed by atoms with van der Waals surface area (Å²) in [4.78, 5) is 7.22. The topological polar surface area (TPSA) is 48.9 Å². The van der Waals surface area contributed by atoms with Crippen molar-refractivity contribution in [3.63, 3.8) is 0 Å². The van der Waals surface area contributed by atoms with Crippen LogP contribution in [0.1, 0.15) is 5.56 Å². The number of aromatic amines is 1. The predicted octanol–water partition coefficient (Wildman–Crippen LogP) is 1.57. The maximum absolute atomic E-state index is 8.59. The van der Waals surface area contributed by atoms with Crippen LogP contribution in [0.3, 0.4) is 0 Å². The van der Waals surface area contributed by atoms with Crippen LogP contribution >= 0.6 is 0 Å². The van der Waals surface area contributed by atoms with Gasteiger partial charge in [0.25, 0.3) is 0 Å². The second-order valence-electron chi connectivity index (χ2n) is 2.77. The molecule has 0 spiro atoms. The monoisotopic (exact) mass is 174 g/mol. The number of fused-ring (bicyclic) bond motifs is 1. The van der Waals surface area contributed by atoms with Crippen molar-refractivity contribution in [1.29, 1.82) is 0 Å². The van der Waals surface area contributed by atoms with Gasteiger partial charge >= 0.3 is 0 Å². The molecule has 0 aliphatic carbocycles. The Morgan fingerprint density at radius 1 is 1.54 bits per heavy atom. The minimum absolute atomic E-state index is 0.0607. The SMILES string of the molecule is OCC=Cc1cnc2[nH]ccc2c1. The first kappa shape index (κ1) is 8.01. The van der Waals surface area contributed by atoms with Gasteiger partial charge in [0.15, 0.2) is 0 Å². The number of aliphatic hydroxyl groups excluding tert-OH is 1. The number of hydrogen-bond acceptors (Lipinski definition) is 2. The summed E-state index contributed by atoms with van der Waals surface area (Å²) in [5, 5.41) is 9.67. The van der Waals surface area contributed by atoms with E-state index in [4.69, 9.17) is 5.11 Å². The Bertz CT molecular complexity index is 431. The highest BCUT2D eigenvalue weighted by Crippen LogP contribution is 2.11. The van der Waals surface area contributed by atoms with Crippen molar-refractivity contribution in [2.45, 2.75) is 0 Å². The third-order valence-electron chi connectivity index (χ3n) is 1.84. The molecule has 66 valence electrons. The molecule has 0 aliphatic heterocycles. The summed E-state index contributed by atoms with van der Waals surface area (Å²) >= 11 is 0. The Hall–Kier alpha value is -1.61. The zero-order valence-corrected chi connectivity index (χ0v) is 7.07. The minimum Gasteiger partial charge on any atom is -0.392 e. The average molecular weight is 174 g/mol. The Kier molecular flexibility index (Phi) is 2.10. The fourth-order valence-corrected chi connectivity index (χ4v) is 1.24. The summed E-state index contributed by atoms with van der Waals surface area (Å²) in [6.07, 6.45) is 7.16. The van der Waals surface area contributed by atoms with Gasteiger partial charge in [-0.3, -0.25) is 0 Å². The van der Waals surface area contributed by atoms with Gasteiger partial charge in [0.05, 0.1) is 6.61 Å². The van der Waals surface area contributed by atoms with Gasteiger partial charge in [0.2, 0.25) is 0 Å². The summed E-state index contributed by atoms with van der Waals surface area (Å²) in [5.74, 6) is 0.